The topological polar surface area (TPSA) is 178 Å². The fraction of sp³-hybridized carbons (Fsp3) is 0.652. The lowest BCUT2D eigenvalue weighted by atomic mass is 9.73. The van der Waals surface area contributed by atoms with Crippen LogP contribution in [0.1, 0.15) is 85.8 Å². The van der Waals surface area contributed by atoms with Crippen LogP contribution in [0.5, 0.6) is 5.75 Å². The van der Waals surface area contributed by atoms with Gasteiger partial charge in [-0.25, -0.2) is 0 Å². The zero-order valence-corrected chi connectivity index (χ0v) is 38.5. The first-order valence-corrected chi connectivity index (χ1v) is 21.5. The molecule has 2 aliphatic rings. The maximum absolute atomic E-state index is 14.3. The van der Waals surface area contributed by atoms with Crippen molar-refractivity contribution < 1.29 is 53.3 Å². The third-order valence-corrected chi connectivity index (χ3v) is 12.8. The Kier molecular flexibility index (Phi) is 17.9. The summed E-state index contributed by atoms with van der Waals surface area (Å²) in [4.78, 5) is 30.1. The van der Waals surface area contributed by atoms with E-state index in [1.54, 1.807) is 77.4 Å². The summed E-state index contributed by atoms with van der Waals surface area (Å²) in [6.45, 7) is 14.0. The van der Waals surface area contributed by atoms with Gasteiger partial charge in [-0.2, -0.15) is 10.2 Å². The van der Waals surface area contributed by atoms with Crippen LogP contribution in [-0.4, -0.2) is 133 Å². The molecule has 0 aliphatic carbocycles. The molecule has 340 valence electrons. The predicted molar refractivity (Wildman–Crippen MR) is 234 cm³/mol. The Bertz CT molecular complexity index is 1790. The molecule has 2 aromatic carbocycles. The number of carbonyl (C=O) groups is 2. The smallest absolute Gasteiger partial charge is 0.312 e. The summed E-state index contributed by atoms with van der Waals surface area (Å²) in [6.07, 6.45) is -4.97. The molecule has 4 rings (SSSR count). The Morgan fingerprint density at radius 3 is 2.21 bits per heavy atom. The van der Waals surface area contributed by atoms with Gasteiger partial charge in [0.05, 0.1) is 49.6 Å². The molecule has 0 aromatic heterocycles. The van der Waals surface area contributed by atoms with Gasteiger partial charge in [0, 0.05) is 35.7 Å². The largest absolute Gasteiger partial charge is 0.497 e. The van der Waals surface area contributed by atoms with Crippen molar-refractivity contribution in [1.29, 1.82) is 0 Å². The van der Waals surface area contributed by atoms with Crippen LogP contribution in [0.3, 0.4) is 0 Å². The molecule has 14 atom stereocenters. The zero-order valence-electron chi connectivity index (χ0n) is 37.8. The summed E-state index contributed by atoms with van der Waals surface area (Å²) in [7, 11) is 6.88. The van der Waals surface area contributed by atoms with Gasteiger partial charge in [0.15, 0.2) is 6.29 Å². The van der Waals surface area contributed by atoms with Crippen molar-refractivity contribution >= 4 is 35.5 Å². The SMILES string of the molecule is CC[C@H]1OC(=O)[C@H](C)[C@@H](OC(=O)Cc2ccc(Cl)cc2)[C@H](C)[C@@H](OC2OC(C)CC(N(C)C)C2O)[C@](C)(OC)C[C@@H](C)/C(=N\N=C\c2ccc(OC)cc2)[C@H](C)[C@@H](O)[C@]1(C)O. The van der Waals surface area contributed by atoms with Crippen LogP contribution >= 0.6 is 11.6 Å². The summed E-state index contributed by atoms with van der Waals surface area (Å²) < 4.78 is 37.2. The standard InChI is InChI=1S/C46H68ClN3O11/c1-13-36-46(8,55)41(53)28(4)38(49-48-25-32-16-20-34(56-11)21-17-32)26(2)24-45(7,57-12)42(61-44-39(52)35(50(9)10)22-27(3)58-44)29(5)40(30(6)43(54)59-36)60-37(51)23-31-14-18-33(47)19-15-31/h14-21,25-30,35-36,39-42,44,52-53,55H,13,22-24H2,1-12H3/b48-25+,49-38+/t26-,27?,28+,29+,30-,35?,36-,39?,40+,41-,42-,44?,45-,46-/m1/s1. The Hall–Kier alpha value is -3.47. The van der Waals surface area contributed by atoms with Crippen LogP contribution < -0.4 is 4.74 Å². The van der Waals surface area contributed by atoms with Gasteiger partial charge in [-0.3, -0.25) is 9.59 Å². The summed E-state index contributed by atoms with van der Waals surface area (Å²) >= 11 is 6.11. The van der Waals surface area contributed by atoms with Gasteiger partial charge in [-0.1, -0.05) is 51.4 Å². The second kappa shape index (κ2) is 21.7. The van der Waals surface area contributed by atoms with Crippen molar-refractivity contribution in [2.24, 2.45) is 33.9 Å². The molecule has 0 radical (unpaired) electrons. The van der Waals surface area contributed by atoms with E-state index in [0.29, 0.717) is 28.5 Å². The number of ether oxygens (including phenoxy) is 6. The van der Waals surface area contributed by atoms with E-state index in [4.69, 9.17) is 40.0 Å². The number of nitrogens with zero attached hydrogens (tertiary/aromatic N) is 3. The highest BCUT2D eigenvalue weighted by atomic mass is 35.5. The molecule has 2 saturated heterocycles. The lowest BCUT2D eigenvalue weighted by Gasteiger charge is -2.48. The summed E-state index contributed by atoms with van der Waals surface area (Å²) in [5.74, 6) is -3.91. The van der Waals surface area contributed by atoms with Gasteiger partial charge in [-0.15, -0.1) is 0 Å². The lowest BCUT2D eigenvalue weighted by Crippen LogP contribution is -2.60. The van der Waals surface area contributed by atoms with E-state index in [1.807, 2.05) is 51.9 Å². The van der Waals surface area contributed by atoms with Gasteiger partial charge in [0.2, 0.25) is 0 Å². The van der Waals surface area contributed by atoms with E-state index in [2.05, 4.69) is 10.2 Å². The number of rotatable bonds is 11. The van der Waals surface area contributed by atoms with Gasteiger partial charge in [0.25, 0.3) is 0 Å². The number of hydrogen-bond acceptors (Lipinski definition) is 14. The first-order valence-electron chi connectivity index (χ1n) is 21.2. The monoisotopic (exact) mass is 873 g/mol. The molecular formula is C46H68ClN3O11. The number of likely N-dealkylation sites (N-methyl/N-ethyl adjacent to an activating group) is 1. The number of aliphatic hydroxyl groups excluding tert-OH is 2. The van der Waals surface area contributed by atoms with Gasteiger partial charge >= 0.3 is 11.9 Å². The number of methoxy groups -OCH3 is 2. The van der Waals surface area contributed by atoms with Crippen LogP contribution in [0.15, 0.2) is 58.7 Å². The molecule has 0 amide bonds. The molecule has 0 saturated carbocycles. The Balaban J connectivity index is 1.89. The molecule has 0 spiro atoms. The number of halogens is 1. The summed E-state index contributed by atoms with van der Waals surface area (Å²) in [5, 5.41) is 45.4. The third-order valence-electron chi connectivity index (χ3n) is 12.5. The third kappa shape index (κ3) is 12.4. The number of aliphatic hydroxyl groups is 3. The summed E-state index contributed by atoms with van der Waals surface area (Å²) in [6, 6.07) is 13.8. The van der Waals surface area contributed by atoms with Crippen molar-refractivity contribution in [3.63, 3.8) is 0 Å². The van der Waals surface area contributed by atoms with Crippen LogP contribution in [0, 0.1) is 23.7 Å². The Labute approximate surface area is 366 Å². The normalized spacial score (nSPS) is 36.4. The minimum absolute atomic E-state index is 0.119. The average Bonchev–Trinajstić information content (AvgIpc) is 3.22. The maximum Gasteiger partial charge on any atom is 0.312 e. The molecule has 61 heavy (non-hydrogen) atoms. The minimum Gasteiger partial charge on any atom is -0.497 e. The fourth-order valence-corrected chi connectivity index (χ4v) is 8.92. The van der Waals surface area contributed by atoms with Gasteiger partial charge < -0.3 is 48.6 Å². The van der Waals surface area contributed by atoms with E-state index < -0.39 is 83.6 Å². The van der Waals surface area contributed by atoms with Crippen molar-refractivity contribution in [3.05, 3.63) is 64.7 Å². The van der Waals surface area contributed by atoms with E-state index in [0.717, 1.165) is 5.56 Å². The predicted octanol–water partition coefficient (Wildman–Crippen LogP) is 5.88. The molecule has 2 fully saturated rings. The molecule has 15 heteroatoms. The Morgan fingerprint density at radius 2 is 1.64 bits per heavy atom. The highest BCUT2D eigenvalue weighted by Gasteiger charge is 2.52. The van der Waals surface area contributed by atoms with E-state index >= 15 is 0 Å². The molecule has 2 heterocycles. The number of benzene rings is 2. The second-order valence-electron chi connectivity index (χ2n) is 17.5. The number of cyclic esters (lactones) is 1. The van der Waals surface area contributed by atoms with Crippen LogP contribution in [-0.2, 0) is 39.7 Å². The Morgan fingerprint density at radius 1 is 1.00 bits per heavy atom. The number of esters is 2. The van der Waals surface area contributed by atoms with Crippen LogP contribution in [0.25, 0.3) is 0 Å². The van der Waals surface area contributed by atoms with Crippen molar-refractivity contribution in [2.45, 2.75) is 141 Å². The van der Waals surface area contributed by atoms with E-state index in [-0.39, 0.29) is 31.4 Å². The first-order chi connectivity index (χ1) is 28.7. The molecule has 0 bridgehead atoms. The maximum atomic E-state index is 14.3. The van der Waals surface area contributed by atoms with Crippen LogP contribution in [0.2, 0.25) is 5.02 Å². The molecule has 2 aliphatic heterocycles. The van der Waals surface area contributed by atoms with Crippen LogP contribution in [0.4, 0.5) is 0 Å². The quantitative estimate of drug-likeness (QED) is 0.139. The zero-order chi connectivity index (χ0) is 45.4. The molecule has 14 nitrogen and oxygen atoms in total. The van der Waals surface area contributed by atoms with Crippen molar-refractivity contribution in [1.82, 2.24) is 4.90 Å². The minimum atomic E-state index is -1.95. The molecule has 4 unspecified atom stereocenters. The highest BCUT2D eigenvalue weighted by molar-refractivity contribution is 6.30. The van der Waals surface area contributed by atoms with E-state index in [9.17, 15) is 24.9 Å². The fourth-order valence-electron chi connectivity index (χ4n) is 8.80. The highest BCUT2D eigenvalue weighted by Crippen LogP contribution is 2.40. The van der Waals surface area contributed by atoms with Gasteiger partial charge in [-0.05, 0) is 114 Å². The molecule has 3 N–H and O–H groups in total. The molecule has 2 aromatic rings. The van der Waals surface area contributed by atoms with Gasteiger partial charge in [0.1, 0.15) is 29.7 Å². The summed E-state index contributed by atoms with van der Waals surface area (Å²) in [5.41, 5.74) is -1.38. The second-order valence-corrected chi connectivity index (χ2v) is 17.9. The number of hydrogen-bond donors (Lipinski definition) is 3. The molecular weight excluding hydrogens is 806 g/mol. The average molecular weight is 875 g/mol. The van der Waals surface area contributed by atoms with Crippen molar-refractivity contribution in [2.75, 3.05) is 28.3 Å². The first kappa shape index (κ1) is 50.2. The van der Waals surface area contributed by atoms with Crippen molar-refractivity contribution in [3.8, 4) is 5.75 Å². The lowest BCUT2D eigenvalue weighted by molar-refractivity contribution is -0.301. The number of carbonyl (C=O) groups excluding carboxylic acids is 2. The van der Waals surface area contributed by atoms with E-state index in [1.165, 1.54) is 14.0 Å².